The van der Waals surface area contributed by atoms with E-state index in [9.17, 15) is 18.0 Å². The number of piperidine rings is 1. The van der Waals surface area contributed by atoms with Gasteiger partial charge < -0.3 is 9.80 Å². The number of likely N-dealkylation sites (tertiary alicyclic amines) is 1. The van der Waals surface area contributed by atoms with Crippen LogP contribution in [0.3, 0.4) is 0 Å². The molecular formula is C19H25N3O4S. The minimum atomic E-state index is -3.30. The molecule has 1 atom stereocenters. The van der Waals surface area contributed by atoms with Crippen molar-refractivity contribution >= 4 is 27.5 Å². The van der Waals surface area contributed by atoms with Crippen LogP contribution in [0.4, 0.5) is 5.69 Å². The van der Waals surface area contributed by atoms with Gasteiger partial charge in [-0.2, -0.15) is 0 Å². The lowest BCUT2D eigenvalue weighted by molar-refractivity contribution is -0.114. The zero-order valence-corrected chi connectivity index (χ0v) is 16.3. The fourth-order valence-electron chi connectivity index (χ4n) is 3.81. The van der Waals surface area contributed by atoms with E-state index in [1.807, 2.05) is 12.1 Å². The minimum absolute atomic E-state index is 0.107. The third kappa shape index (κ3) is 4.56. The van der Waals surface area contributed by atoms with E-state index in [0.29, 0.717) is 25.2 Å². The molecule has 2 amide bonds. The number of nitrogens with zero attached hydrogens (tertiary/aromatic N) is 2. The van der Waals surface area contributed by atoms with Crippen LogP contribution in [0.15, 0.2) is 30.9 Å². The van der Waals surface area contributed by atoms with Gasteiger partial charge in [0.25, 0.3) is 5.91 Å². The summed E-state index contributed by atoms with van der Waals surface area (Å²) in [4.78, 5) is 28.3. The van der Waals surface area contributed by atoms with Crippen LogP contribution >= 0.6 is 0 Å². The van der Waals surface area contributed by atoms with Crippen LogP contribution in [0.1, 0.15) is 35.2 Å². The van der Waals surface area contributed by atoms with Crippen LogP contribution < -0.4 is 9.62 Å². The standard InChI is InChI=1S/C19H25N3O4S/c1-3-18(23)22-11-4-6-14-12-15(8-9-17(14)22)19(24)21-10-5-7-16(13-21)20-27(2,25)26/h3,8-9,12,16,20H,1,4-7,10-11,13H2,2H3/t16-/m0/s1. The number of carbonyl (C=O) groups excluding carboxylic acids is 2. The smallest absolute Gasteiger partial charge is 0.253 e. The normalized spacial score (nSPS) is 20.1. The van der Waals surface area contributed by atoms with Crippen molar-refractivity contribution in [2.75, 3.05) is 30.8 Å². The Kier molecular flexibility index (Phi) is 5.67. The van der Waals surface area contributed by atoms with Crippen LogP contribution in [0, 0.1) is 0 Å². The molecule has 0 unspecified atom stereocenters. The fraction of sp³-hybridized carbons (Fsp3) is 0.474. The van der Waals surface area contributed by atoms with Crippen molar-refractivity contribution in [3.63, 3.8) is 0 Å². The fourth-order valence-corrected chi connectivity index (χ4v) is 4.61. The molecule has 1 N–H and O–H groups in total. The van der Waals surface area contributed by atoms with Gasteiger partial charge in [-0.1, -0.05) is 6.58 Å². The molecule has 0 radical (unpaired) electrons. The Morgan fingerprint density at radius 2 is 2.04 bits per heavy atom. The van der Waals surface area contributed by atoms with E-state index in [2.05, 4.69) is 11.3 Å². The molecule has 27 heavy (non-hydrogen) atoms. The molecule has 0 bridgehead atoms. The van der Waals surface area contributed by atoms with E-state index >= 15 is 0 Å². The highest BCUT2D eigenvalue weighted by molar-refractivity contribution is 7.88. The second kappa shape index (κ2) is 7.82. The highest BCUT2D eigenvalue weighted by Crippen LogP contribution is 2.29. The zero-order chi connectivity index (χ0) is 19.6. The van der Waals surface area contributed by atoms with Gasteiger partial charge in [-0.15, -0.1) is 0 Å². The molecule has 0 aliphatic carbocycles. The molecule has 7 nitrogen and oxygen atoms in total. The number of carbonyl (C=O) groups is 2. The van der Waals surface area contributed by atoms with E-state index < -0.39 is 10.0 Å². The number of nitrogens with one attached hydrogen (secondary N) is 1. The van der Waals surface area contributed by atoms with E-state index in [0.717, 1.165) is 43.2 Å². The average Bonchev–Trinajstić information content (AvgIpc) is 2.64. The molecular weight excluding hydrogens is 366 g/mol. The van der Waals surface area contributed by atoms with Crippen molar-refractivity contribution in [3.05, 3.63) is 42.0 Å². The van der Waals surface area contributed by atoms with Gasteiger partial charge in [-0.05, 0) is 55.5 Å². The van der Waals surface area contributed by atoms with Crippen LogP contribution in [0.5, 0.6) is 0 Å². The van der Waals surface area contributed by atoms with Crippen LogP contribution in [-0.4, -0.2) is 57.1 Å². The molecule has 1 aromatic carbocycles. The molecule has 2 aliphatic rings. The second-order valence-electron chi connectivity index (χ2n) is 7.12. The number of anilines is 1. The number of fused-ring (bicyclic) bond motifs is 1. The molecule has 8 heteroatoms. The summed E-state index contributed by atoms with van der Waals surface area (Å²) < 4.78 is 25.5. The van der Waals surface area contributed by atoms with Gasteiger partial charge in [-0.25, -0.2) is 13.1 Å². The highest BCUT2D eigenvalue weighted by Gasteiger charge is 2.27. The SMILES string of the molecule is C=CC(=O)N1CCCc2cc(C(=O)N3CCC[C@H](NS(C)(=O)=O)C3)ccc21. The molecule has 0 saturated carbocycles. The lowest BCUT2D eigenvalue weighted by atomic mass is 9.98. The van der Waals surface area contributed by atoms with Crippen molar-refractivity contribution in [1.29, 1.82) is 0 Å². The first-order chi connectivity index (χ1) is 12.8. The highest BCUT2D eigenvalue weighted by atomic mass is 32.2. The summed E-state index contributed by atoms with van der Waals surface area (Å²) in [5, 5.41) is 0. The maximum Gasteiger partial charge on any atom is 0.253 e. The average molecular weight is 391 g/mol. The van der Waals surface area contributed by atoms with E-state index in [1.54, 1.807) is 15.9 Å². The number of amides is 2. The van der Waals surface area contributed by atoms with E-state index in [1.165, 1.54) is 6.08 Å². The predicted molar refractivity (Wildman–Crippen MR) is 104 cm³/mol. The molecule has 2 heterocycles. The molecule has 0 spiro atoms. The molecule has 1 aromatic rings. The Hall–Kier alpha value is -2.19. The topological polar surface area (TPSA) is 86.8 Å². The van der Waals surface area contributed by atoms with Gasteiger partial charge in [0.1, 0.15) is 0 Å². The molecule has 2 aliphatic heterocycles. The maximum atomic E-state index is 12.9. The number of sulfonamides is 1. The maximum absolute atomic E-state index is 12.9. The summed E-state index contributed by atoms with van der Waals surface area (Å²) in [7, 11) is -3.30. The second-order valence-corrected chi connectivity index (χ2v) is 8.90. The Balaban J connectivity index is 1.77. The molecule has 3 rings (SSSR count). The Bertz CT molecular complexity index is 866. The number of benzene rings is 1. The van der Waals surface area contributed by atoms with Crippen molar-refractivity contribution in [2.45, 2.75) is 31.7 Å². The monoisotopic (exact) mass is 391 g/mol. The van der Waals surface area contributed by atoms with E-state index in [-0.39, 0.29) is 17.9 Å². The third-order valence-electron chi connectivity index (χ3n) is 4.98. The first-order valence-electron chi connectivity index (χ1n) is 9.12. The molecule has 0 aromatic heterocycles. The summed E-state index contributed by atoms with van der Waals surface area (Å²) in [6.45, 7) is 5.17. The minimum Gasteiger partial charge on any atom is -0.337 e. The Morgan fingerprint density at radius 1 is 1.26 bits per heavy atom. The van der Waals surface area contributed by atoms with Gasteiger partial charge in [0, 0.05) is 36.9 Å². The lowest BCUT2D eigenvalue weighted by Crippen LogP contribution is -2.49. The van der Waals surface area contributed by atoms with Crippen molar-refractivity contribution < 1.29 is 18.0 Å². The third-order valence-corrected chi connectivity index (χ3v) is 5.74. The largest absolute Gasteiger partial charge is 0.337 e. The van der Waals surface area contributed by atoms with Gasteiger partial charge in [0.05, 0.1) is 6.26 Å². The number of aryl methyl sites for hydroxylation is 1. The lowest BCUT2D eigenvalue weighted by Gasteiger charge is -2.33. The van der Waals surface area contributed by atoms with Crippen molar-refractivity contribution in [3.8, 4) is 0 Å². The number of rotatable bonds is 4. The Morgan fingerprint density at radius 3 is 2.74 bits per heavy atom. The van der Waals surface area contributed by atoms with E-state index in [4.69, 9.17) is 0 Å². The number of hydrogen-bond donors (Lipinski definition) is 1. The molecule has 1 saturated heterocycles. The summed E-state index contributed by atoms with van der Waals surface area (Å²) in [6, 6.07) is 5.16. The van der Waals surface area contributed by atoms with Crippen molar-refractivity contribution in [2.24, 2.45) is 0 Å². The summed E-state index contributed by atoms with van der Waals surface area (Å²) >= 11 is 0. The van der Waals surface area contributed by atoms with Crippen LogP contribution in [0.2, 0.25) is 0 Å². The van der Waals surface area contributed by atoms with Gasteiger partial charge in [-0.3, -0.25) is 9.59 Å². The van der Waals surface area contributed by atoms with Gasteiger partial charge in [0.2, 0.25) is 15.9 Å². The zero-order valence-electron chi connectivity index (χ0n) is 15.5. The quantitative estimate of drug-likeness (QED) is 0.784. The summed E-state index contributed by atoms with van der Waals surface area (Å²) in [5.74, 6) is -0.245. The first-order valence-corrected chi connectivity index (χ1v) is 11.0. The van der Waals surface area contributed by atoms with Gasteiger partial charge in [0.15, 0.2) is 0 Å². The summed E-state index contributed by atoms with van der Waals surface area (Å²) in [5.41, 5.74) is 2.38. The molecule has 1 fully saturated rings. The van der Waals surface area contributed by atoms with Gasteiger partial charge >= 0.3 is 0 Å². The summed E-state index contributed by atoms with van der Waals surface area (Å²) in [6.07, 6.45) is 5.57. The van der Waals surface area contributed by atoms with Crippen LogP contribution in [-0.2, 0) is 21.2 Å². The van der Waals surface area contributed by atoms with Crippen LogP contribution in [0.25, 0.3) is 0 Å². The predicted octanol–water partition coefficient (Wildman–Crippen LogP) is 1.31. The Labute approximate surface area is 160 Å². The number of hydrogen-bond acceptors (Lipinski definition) is 4. The van der Waals surface area contributed by atoms with Crippen molar-refractivity contribution in [1.82, 2.24) is 9.62 Å². The molecule has 146 valence electrons. The first kappa shape index (κ1) is 19.6.